The average molecular weight is 401 g/mol. The van der Waals surface area contributed by atoms with Crippen molar-refractivity contribution in [2.75, 3.05) is 13.2 Å². The fourth-order valence-corrected chi connectivity index (χ4v) is 3.01. The highest BCUT2D eigenvalue weighted by atomic mass is 32.1. The van der Waals surface area contributed by atoms with Gasteiger partial charge in [0, 0.05) is 29.2 Å². The van der Waals surface area contributed by atoms with E-state index in [0.717, 1.165) is 42.0 Å². The van der Waals surface area contributed by atoms with Gasteiger partial charge in [-0.2, -0.15) is 5.10 Å². The number of ether oxygens (including phenoxy) is 1. The van der Waals surface area contributed by atoms with Gasteiger partial charge in [-0.3, -0.25) is 5.43 Å². The molecule has 0 saturated heterocycles. The predicted octanol–water partition coefficient (Wildman–Crippen LogP) is 3.87. The number of aryl methyl sites for hydroxylation is 1. The fraction of sp³-hybridized carbons (Fsp3) is 0.381. The van der Waals surface area contributed by atoms with Crippen LogP contribution in [-0.4, -0.2) is 35.0 Å². The number of nitrogens with one attached hydrogen (secondary N) is 2. The molecule has 0 radical (unpaired) electrons. The van der Waals surface area contributed by atoms with Crippen molar-refractivity contribution in [3.05, 3.63) is 52.8 Å². The zero-order valence-electron chi connectivity index (χ0n) is 16.9. The summed E-state index contributed by atoms with van der Waals surface area (Å²) in [6.45, 7) is 9.21. The van der Waals surface area contributed by atoms with Gasteiger partial charge in [-0.1, -0.05) is 13.3 Å². The van der Waals surface area contributed by atoms with Crippen LogP contribution in [0.1, 0.15) is 54.0 Å². The van der Waals surface area contributed by atoms with E-state index in [0.29, 0.717) is 17.3 Å². The number of thiocarbonyl (C=S) groups is 1. The SMILES string of the molecule is CCCCNC(=S)N/N=C\c1cc(C)n(-c2ccc(C(=O)OCC)cc2)c1C. The Morgan fingerprint density at radius 1 is 1.25 bits per heavy atom. The van der Waals surface area contributed by atoms with E-state index in [1.165, 1.54) is 0 Å². The van der Waals surface area contributed by atoms with Gasteiger partial charge in [0.05, 0.1) is 18.4 Å². The summed E-state index contributed by atoms with van der Waals surface area (Å²) in [4.78, 5) is 11.8. The lowest BCUT2D eigenvalue weighted by Gasteiger charge is -2.10. The van der Waals surface area contributed by atoms with Gasteiger partial charge in [0.15, 0.2) is 5.11 Å². The van der Waals surface area contributed by atoms with Gasteiger partial charge in [0.1, 0.15) is 0 Å². The van der Waals surface area contributed by atoms with Crippen LogP contribution in [0.5, 0.6) is 0 Å². The Morgan fingerprint density at radius 3 is 2.61 bits per heavy atom. The summed E-state index contributed by atoms with van der Waals surface area (Å²) in [7, 11) is 0. The van der Waals surface area contributed by atoms with Gasteiger partial charge in [-0.05, 0) is 69.7 Å². The first-order valence-corrected chi connectivity index (χ1v) is 9.92. The van der Waals surface area contributed by atoms with Crippen LogP contribution in [0.25, 0.3) is 5.69 Å². The van der Waals surface area contributed by atoms with Crippen LogP contribution in [0.2, 0.25) is 0 Å². The van der Waals surface area contributed by atoms with Crippen molar-refractivity contribution in [1.82, 2.24) is 15.3 Å². The Balaban J connectivity index is 2.10. The number of hydrazone groups is 1. The van der Waals surface area contributed by atoms with Crippen molar-refractivity contribution >= 4 is 29.5 Å². The van der Waals surface area contributed by atoms with E-state index < -0.39 is 0 Å². The number of esters is 1. The molecule has 28 heavy (non-hydrogen) atoms. The van der Waals surface area contributed by atoms with Crippen molar-refractivity contribution in [3.8, 4) is 5.69 Å². The molecule has 150 valence electrons. The van der Waals surface area contributed by atoms with Gasteiger partial charge in [0.2, 0.25) is 0 Å². The fourth-order valence-electron chi connectivity index (χ4n) is 2.86. The second-order valence-corrected chi connectivity index (χ2v) is 6.82. The van der Waals surface area contributed by atoms with Crippen LogP contribution in [0.15, 0.2) is 35.4 Å². The van der Waals surface area contributed by atoms with Gasteiger partial charge in [-0.15, -0.1) is 0 Å². The maximum absolute atomic E-state index is 11.8. The lowest BCUT2D eigenvalue weighted by atomic mass is 10.2. The van der Waals surface area contributed by atoms with Crippen molar-refractivity contribution in [2.24, 2.45) is 5.10 Å². The Labute approximate surface area is 172 Å². The van der Waals surface area contributed by atoms with Crippen LogP contribution in [0, 0.1) is 13.8 Å². The van der Waals surface area contributed by atoms with Crippen molar-refractivity contribution in [1.29, 1.82) is 0 Å². The molecular weight excluding hydrogens is 372 g/mol. The molecule has 0 bridgehead atoms. The number of carbonyl (C=O) groups is 1. The topological polar surface area (TPSA) is 67.7 Å². The summed E-state index contributed by atoms with van der Waals surface area (Å²) in [5.41, 5.74) is 7.49. The lowest BCUT2D eigenvalue weighted by molar-refractivity contribution is 0.0526. The number of hydrogen-bond acceptors (Lipinski definition) is 4. The van der Waals surface area contributed by atoms with Crippen LogP contribution in [-0.2, 0) is 4.74 Å². The zero-order chi connectivity index (χ0) is 20.5. The van der Waals surface area contributed by atoms with Gasteiger partial charge < -0.3 is 14.6 Å². The normalized spacial score (nSPS) is 10.9. The molecule has 0 aliphatic rings. The molecule has 0 aliphatic carbocycles. The molecule has 0 aliphatic heterocycles. The molecule has 1 heterocycles. The molecule has 6 nitrogen and oxygen atoms in total. The second kappa shape index (κ2) is 10.6. The first kappa shape index (κ1) is 21.6. The van der Waals surface area contributed by atoms with Crippen LogP contribution in [0.4, 0.5) is 0 Å². The maximum Gasteiger partial charge on any atom is 0.338 e. The molecule has 0 unspecified atom stereocenters. The Morgan fingerprint density at radius 2 is 1.96 bits per heavy atom. The molecule has 0 fully saturated rings. The van der Waals surface area contributed by atoms with Crippen molar-refractivity contribution in [2.45, 2.75) is 40.5 Å². The molecule has 1 aromatic heterocycles. The average Bonchev–Trinajstić information content (AvgIpc) is 2.96. The Bertz CT molecular complexity index is 841. The summed E-state index contributed by atoms with van der Waals surface area (Å²) in [5.74, 6) is -0.308. The monoisotopic (exact) mass is 400 g/mol. The Hall–Kier alpha value is -2.67. The molecule has 2 aromatic rings. The zero-order valence-corrected chi connectivity index (χ0v) is 17.7. The van der Waals surface area contributed by atoms with Crippen LogP contribution in [0.3, 0.4) is 0 Å². The minimum atomic E-state index is -0.308. The first-order valence-electron chi connectivity index (χ1n) is 9.51. The smallest absolute Gasteiger partial charge is 0.338 e. The van der Waals surface area contributed by atoms with Crippen LogP contribution < -0.4 is 10.7 Å². The van der Waals surface area contributed by atoms with Gasteiger partial charge in [0.25, 0.3) is 0 Å². The molecule has 0 atom stereocenters. The summed E-state index contributed by atoms with van der Waals surface area (Å²) in [6, 6.07) is 9.45. The van der Waals surface area contributed by atoms with E-state index in [2.05, 4.69) is 33.4 Å². The quantitative estimate of drug-likeness (QED) is 0.231. The number of benzene rings is 1. The molecule has 2 N–H and O–H groups in total. The van der Waals surface area contributed by atoms with E-state index in [9.17, 15) is 4.79 Å². The highest BCUT2D eigenvalue weighted by Crippen LogP contribution is 2.20. The van der Waals surface area contributed by atoms with E-state index in [1.54, 1.807) is 25.3 Å². The van der Waals surface area contributed by atoms with E-state index in [-0.39, 0.29) is 5.97 Å². The third-order valence-electron chi connectivity index (χ3n) is 4.29. The van der Waals surface area contributed by atoms with Gasteiger partial charge in [-0.25, -0.2) is 4.79 Å². The third-order valence-corrected chi connectivity index (χ3v) is 4.53. The van der Waals surface area contributed by atoms with Gasteiger partial charge >= 0.3 is 5.97 Å². The van der Waals surface area contributed by atoms with E-state index >= 15 is 0 Å². The molecule has 2 rings (SSSR count). The number of hydrogen-bond donors (Lipinski definition) is 2. The Kier molecular flexibility index (Phi) is 8.19. The van der Waals surface area contributed by atoms with E-state index in [1.807, 2.05) is 26.0 Å². The largest absolute Gasteiger partial charge is 0.462 e. The minimum Gasteiger partial charge on any atom is -0.462 e. The molecule has 0 spiro atoms. The van der Waals surface area contributed by atoms with E-state index in [4.69, 9.17) is 17.0 Å². The van der Waals surface area contributed by atoms with Crippen LogP contribution >= 0.6 is 12.2 Å². The molecule has 0 saturated carbocycles. The maximum atomic E-state index is 11.8. The lowest BCUT2D eigenvalue weighted by Crippen LogP contribution is -2.32. The third kappa shape index (κ3) is 5.66. The molecule has 1 aromatic carbocycles. The number of nitrogens with zero attached hydrogens (tertiary/aromatic N) is 2. The number of rotatable bonds is 8. The number of carbonyl (C=O) groups excluding carboxylic acids is 1. The summed E-state index contributed by atoms with van der Waals surface area (Å²) < 4.78 is 7.15. The second-order valence-electron chi connectivity index (χ2n) is 6.41. The number of unbranched alkanes of at least 4 members (excludes halogenated alkanes) is 1. The molecule has 0 amide bonds. The summed E-state index contributed by atoms with van der Waals surface area (Å²) in [5, 5.41) is 7.87. The predicted molar refractivity (Wildman–Crippen MR) is 117 cm³/mol. The number of aromatic nitrogens is 1. The molecular formula is C21H28N4O2S. The van der Waals surface area contributed by atoms with Crippen molar-refractivity contribution in [3.63, 3.8) is 0 Å². The summed E-state index contributed by atoms with van der Waals surface area (Å²) >= 11 is 5.20. The molecule has 7 heteroatoms. The highest BCUT2D eigenvalue weighted by molar-refractivity contribution is 7.80. The summed E-state index contributed by atoms with van der Waals surface area (Å²) in [6.07, 6.45) is 3.95. The van der Waals surface area contributed by atoms with Crippen molar-refractivity contribution < 1.29 is 9.53 Å². The first-order chi connectivity index (χ1) is 13.5. The standard InChI is InChI=1S/C21H28N4O2S/c1-5-7-12-22-21(28)24-23-14-18-13-15(3)25(16(18)4)19-10-8-17(9-11-19)20(26)27-6-2/h8-11,13-14H,5-7,12H2,1-4H3,(H2,22,24,28)/b23-14-. The highest BCUT2D eigenvalue weighted by Gasteiger charge is 2.11. The minimum absolute atomic E-state index is 0.308.